The maximum atomic E-state index is 11.8. The van der Waals surface area contributed by atoms with Crippen molar-refractivity contribution in [3.05, 3.63) is 46.4 Å². The van der Waals surface area contributed by atoms with Gasteiger partial charge in [0.15, 0.2) is 18.1 Å². The van der Waals surface area contributed by atoms with Crippen LogP contribution in [-0.4, -0.2) is 52.7 Å². The number of hydrogen-bond donors (Lipinski definition) is 2. The molecule has 0 radical (unpaired) electrons. The van der Waals surface area contributed by atoms with Crippen LogP contribution in [0.2, 0.25) is 0 Å². The molecule has 9 nitrogen and oxygen atoms in total. The third-order valence-electron chi connectivity index (χ3n) is 3.76. The van der Waals surface area contributed by atoms with E-state index in [9.17, 15) is 13.2 Å². The molecular weight excluding hydrogens is 476 g/mol. The van der Waals surface area contributed by atoms with Crippen LogP contribution < -0.4 is 20.0 Å². The van der Waals surface area contributed by atoms with E-state index in [-0.39, 0.29) is 17.4 Å². The number of primary sulfonamides is 1. The van der Waals surface area contributed by atoms with E-state index in [1.165, 1.54) is 17.0 Å². The molecule has 0 saturated carbocycles. The van der Waals surface area contributed by atoms with Gasteiger partial charge >= 0.3 is 0 Å². The highest BCUT2D eigenvalue weighted by atomic mass is 79.9. The molecule has 0 heterocycles. The van der Waals surface area contributed by atoms with Crippen molar-refractivity contribution >= 4 is 43.8 Å². The molecule has 2 rings (SSSR count). The molecular formula is C19H23BrN4O5S. The highest BCUT2D eigenvalue weighted by Crippen LogP contribution is 2.36. The smallest absolute Gasteiger partial charge is 0.259 e. The van der Waals surface area contributed by atoms with E-state index in [1.54, 1.807) is 44.6 Å². The summed E-state index contributed by atoms with van der Waals surface area (Å²) in [6.45, 7) is 2.14. The summed E-state index contributed by atoms with van der Waals surface area (Å²) in [5.41, 5.74) is 4.11. The Morgan fingerprint density at radius 3 is 2.47 bits per heavy atom. The molecule has 11 heteroatoms. The topological polar surface area (TPSA) is 123 Å². The summed E-state index contributed by atoms with van der Waals surface area (Å²) in [6, 6.07) is 9.39. The standard InChI is InChI=1S/C19H23BrN4O5S/c1-4-28-17-10-13(9-16(20)19(17)29-12-18(25)24(2)3)11-22-23-14-5-7-15(8-6-14)30(21,26)27/h5-11,23H,4,12H2,1-3H3,(H2,21,26,27)/b22-11+. The lowest BCUT2D eigenvalue weighted by Crippen LogP contribution is -2.27. The number of carbonyl (C=O) groups excluding carboxylic acids is 1. The fourth-order valence-corrected chi connectivity index (χ4v) is 3.32. The van der Waals surface area contributed by atoms with E-state index >= 15 is 0 Å². The van der Waals surface area contributed by atoms with E-state index in [1.807, 2.05) is 6.92 Å². The van der Waals surface area contributed by atoms with Crippen molar-refractivity contribution in [2.75, 3.05) is 32.7 Å². The second-order valence-electron chi connectivity index (χ2n) is 6.28. The number of likely N-dealkylation sites (N-methyl/N-ethyl adjacent to an activating group) is 1. The average molecular weight is 499 g/mol. The monoisotopic (exact) mass is 498 g/mol. The number of amides is 1. The molecule has 162 valence electrons. The number of ether oxygens (including phenoxy) is 2. The Labute approximate surface area is 184 Å². The number of nitrogens with zero attached hydrogens (tertiary/aromatic N) is 2. The number of nitrogens with one attached hydrogen (secondary N) is 1. The van der Waals surface area contributed by atoms with Gasteiger partial charge in [-0.05, 0) is 64.8 Å². The zero-order chi connectivity index (χ0) is 22.3. The van der Waals surface area contributed by atoms with Crippen LogP contribution in [0, 0.1) is 0 Å². The lowest BCUT2D eigenvalue weighted by atomic mass is 10.2. The number of nitrogens with two attached hydrogens (primary N) is 1. The van der Waals surface area contributed by atoms with E-state index in [0.29, 0.717) is 33.8 Å². The summed E-state index contributed by atoms with van der Waals surface area (Å²) < 4.78 is 34.4. The first-order valence-corrected chi connectivity index (χ1v) is 11.2. The number of benzene rings is 2. The van der Waals surface area contributed by atoms with Crippen molar-refractivity contribution in [1.82, 2.24) is 4.90 Å². The van der Waals surface area contributed by atoms with Gasteiger partial charge in [0.25, 0.3) is 5.91 Å². The van der Waals surface area contributed by atoms with Gasteiger partial charge in [0, 0.05) is 14.1 Å². The summed E-state index contributed by atoms with van der Waals surface area (Å²) in [5.74, 6) is 0.723. The lowest BCUT2D eigenvalue weighted by Gasteiger charge is -2.16. The van der Waals surface area contributed by atoms with Crippen molar-refractivity contribution in [3.8, 4) is 11.5 Å². The van der Waals surface area contributed by atoms with Gasteiger partial charge < -0.3 is 14.4 Å². The molecule has 0 atom stereocenters. The van der Waals surface area contributed by atoms with Gasteiger partial charge in [0.1, 0.15) is 0 Å². The van der Waals surface area contributed by atoms with Gasteiger partial charge in [-0.15, -0.1) is 0 Å². The normalized spacial score (nSPS) is 11.4. The van der Waals surface area contributed by atoms with Crippen LogP contribution in [-0.2, 0) is 14.8 Å². The molecule has 0 aliphatic carbocycles. The Kier molecular flexibility index (Phi) is 8.21. The Morgan fingerprint density at radius 2 is 1.90 bits per heavy atom. The zero-order valence-electron chi connectivity index (χ0n) is 16.8. The zero-order valence-corrected chi connectivity index (χ0v) is 19.2. The molecule has 0 fully saturated rings. The minimum absolute atomic E-state index is 0.0191. The molecule has 3 N–H and O–H groups in total. The molecule has 0 aliphatic rings. The van der Waals surface area contributed by atoms with Gasteiger partial charge in [-0.3, -0.25) is 10.2 Å². The Hall–Kier alpha value is -2.63. The maximum Gasteiger partial charge on any atom is 0.259 e. The van der Waals surface area contributed by atoms with Crippen molar-refractivity contribution in [1.29, 1.82) is 0 Å². The van der Waals surface area contributed by atoms with E-state index < -0.39 is 10.0 Å². The van der Waals surface area contributed by atoms with Crippen molar-refractivity contribution < 1.29 is 22.7 Å². The van der Waals surface area contributed by atoms with E-state index in [2.05, 4.69) is 26.5 Å². The molecule has 2 aromatic rings. The average Bonchev–Trinajstić information content (AvgIpc) is 2.67. The molecule has 0 saturated heterocycles. The first kappa shape index (κ1) is 23.6. The molecule has 0 aromatic heterocycles. The number of hydrogen-bond acceptors (Lipinski definition) is 7. The summed E-state index contributed by atoms with van der Waals surface area (Å²) in [5, 5.41) is 9.21. The molecule has 30 heavy (non-hydrogen) atoms. The van der Waals surface area contributed by atoms with Gasteiger partial charge in [-0.25, -0.2) is 13.6 Å². The molecule has 0 aliphatic heterocycles. The quantitative estimate of drug-likeness (QED) is 0.404. The predicted octanol–water partition coefficient (Wildman–Crippen LogP) is 2.41. The fraction of sp³-hybridized carbons (Fsp3) is 0.263. The summed E-state index contributed by atoms with van der Waals surface area (Å²) in [7, 11) is -0.434. The van der Waals surface area contributed by atoms with Crippen LogP contribution in [0.4, 0.5) is 5.69 Å². The minimum Gasteiger partial charge on any atom is -0.490 e. The highest BCUT2D eigenvalue weighted by Gasteiger charge is 2.14. The molecule has 0 spiro atoms. The summed E-state index contributed by atoms with van der Waals surface area (Å²) >= 11 is 3.44. The first-order chi connectivity index (χ1) is 14.1. The molecule has 0 bridgehead atoms. The summed E-state index contributed by atoms with van der Waals surface area (Å²) in [6.07, 6.45) is 1.57. The van der Waals surface area contributed by atoms with E-state index in [4.69, 9.17) is 14.6 Å². The Balaban J connectivity index is 2.14. The van der Waals surface area contributed by atoms with Crippen molar-refractivity contribution in [2.45, 2.75) is 11.8 Å². The van der Waals surface area contributed by atoms with Crippen LogP contribution in [0.3, 0.4) is 0 Å². The third kappa shape index (κ3) is 6.71. The number of anilines is 1. The van der Waals surface area contributed by atoms with Gasteiger partial charge in [-0.2, -0.15) is 5.10 Å². The van der Waals surface area contributed by atoms with Gasteiger partial charge in [-0.1, -0.05) is 0 Å². The molecule has 1 amide bonds. The number of sulfonamides is 1. The third-order valence-corrected chi connectivity index (χ3v) is 5.28. The van der Waals surface area contributed by atoms with E-state index in [0.717, 1.165) is 0 Å². The van der Waals surface area contributed by atoms with Crippen molar-refractivity contribution in [2.24, 2.45) is 10.2 Å². The second-order valence-corrected chi connectivity index (χ2v) is 8.69. The Morgan fingerprint density at radius 1 is 1.23 bits per heavy atom. The highest BCUT2D eigenvalue weighted by molar-refractivity contribution is 9.10. The largest absolute Gasteiger partial charge is 0.490 e. The summed E-state index contributed by atoms with van der Waals surface area (Å²) in [4.78, 5) is 13.3. The maximum absolute atomic E-state index is 11.8. The van der Waals surface area contributed by atoms with Crippen LogP contribution >= 0.6 is 15.9 Å². The van der Waals surface area contributed by atoms with Crippen molar-refractivity contribution in [3.63, 3.8) is 0 Å². The fourth-order valence-electron chi connectivity index (χ4n) is 2.23. The number of hydrazone groups is 1. The predicted molar refractivity (Wildman–Crippen MR) is 119 cm³/mol. The first-order valence-electron chi connectivity index (χ1n) is 8.83. The van der Waals surface area contributed by atoms with Crippen LogP contribution in [0.25, 0.3) is 0 Å². The molecule has 0 unspecified atom stereocenters. The number of rotatable bonds is 9. The van der Waals surface area contributed by atoms with Crippen LogP contribution in [0.15, 0.2) is 50.9 Å². The minimum atomic E-state index is -3.74. The van der Waals surface area contributed by atoms with Crippen LogP contribution in [0.1, 0.15) is 12.5 Å². The number of halogens is 1. The van der Waals surface area contributed by atoms with Crippen LogP contribution in [0.5, 0.6) is 11.5 Å². The lowest BCUT2D eigenvalue weighted by molar-refractivity contribution is -0.130. The molecule has 2 aromatic carbocycles. The van der Waals surface area contributed by atoms with Gasteiger partial charge in [0.05, 0.1) is 27.9 Å². The SMILES string of the molecule is CCOc1cc(/C=N/Nc2ccc(S(N)(=O)=O)cc2)cc(Br)c1OCC(=O)N(C)C. The number of carbonyl (C=O) groups is 1. The Bertz CT molecular complexity index is 1020. The second kappa shape index (κ2) is 10.4. The van der Waals surface area contributed by atoms with Gasteiger partial charge in [0.2, 0.25) is 10.0 Å².